The first kappa shape index (κ1) is 14.6. The van der Waals surface area contributed by atoms with Crippen LogP contribution in [0.5, 0.6) is 0 Å². The van der Waals surface area contributed by atoms with Gasteiger partial charge in [0.1, 0.15) is 0 Å². The average Bonchev–Trinajstić information content (AvgIpc) is 2.27. The van der Waals surface area contributed by atoms with E-state index < -0.39 is 0 Å². The van der Waals surface area contributed by atoms with E-state index in [-0.39, 0.29) is 28.1 Å². The Morgan fingerprint density at radius 1 is 1.22 bits per heavy atom. The fourth-order valence-corrected chi connectivity index (χ4v) is 1.73. The Bertz CT molecular complexity index is 424. The van der Waals surface area contributed by atoms with Crippen LogP contribution in [0.15, 0.2) is 24.3 Å². The molecule has 1 aromatic carbocycles. The summed E-state index contributed by atoms with van der Waals surface area (Å²) >= 11 is 0. The molecular weight excluding hydrogens is 228 g/mol. The van der Waals surface area contributed by atoms with Gasteiger partial charge in [0.2, 0.25) is 0 Å². The van der Waals surface area contributed by atoms with Crippen LogP contribution in [-0.2, 0) is 0 Å². The van der Waals surface area contributed by atoms with Crippen molar-refractivity contribution in [2.45, 2.75) is 46.7 Å². The molecule has 0 spiro atoms. The minimum absolute atomic E-state index is 0.0409. The van der Waals surface area contributed by atoms with E-state index in [1.165, 1.54) is 0 Å². The van der Waals surface area contributed by atoms with Crippen LogP contribution in [0.3, 0.4) is 0 Å². The molecule has 0 aliphatic rings. The number of rotatable bonds is 4. The molecule has 0 saturated carbocycles. The normalized spacial score (nSPS) is 15.2. The lowest BCUT2D eigenvalue weighted by Crippen LogP contribution is -2.39. The summed E-state index contributed by atoms with van der Waals surface area (Å²) in [5.74, 6) is 0. The Hall–Kier alpha value is -1.42. The van der Waals surface area contributed by atoms with Crippen molar-refractivity contribution in [1.82, 2.24) is 5.32 Å². The van der Waals surface area contributed by atoms with E-state index in [4.69, 9.17) is 0 Å². The van der Waals surface area contributed by atoms with E-state index in [1.807, 2.05) is 19.1 Å². The first-order valence-corrected chi connectivity index (χ1v) is 6.23. The summed E-state index contributed by atoms with van der Waals surface area (Å²) in [7, 11) is 0. The number of nitrogens with one attached hydrogen (secondary N) is 1. The molecule has 0 aliphatic heterocycles. The van der Waals surface area contributed by atoms with Gasteiger partial charge in [-0.05, 0) is 19.3 Å². The summed E-state index contributed by atoms with van der Waals surface area (Å²) in [6.45, 7) is 10.5. The molecule has 100 valence electrons. The third-order valence-corrected chi connectivity index (χ3v) is 3.40. The van der Waals surface area contributed by atoms with Gasteiger partial charge in [-0.3, -0.25) is 10.1 Å². The number of benzene rings is 1. The summed E-state index contributed by atoms with van der Waals surface area (Å²) < 4.78 is 0. The number of para-hydroxylation sites is 1. The van der Waals surface area contributed by atoms with Gasteiger partial charge in [-0.25, -0.2) is 0 Å². The van der Waals surface area contributed by atoms with Crippen LogP contribution in [0.1, 0.15) is 46.2 Å². The Labute approximate surface area is 109 Å². The zero-order valence-corrected chi connectivity index (χ0v) is 11.7. The lowest BCUT2D eigenvalue weighted by Gasteiger charge is -2.31. The molecule has 2 unspecified atom stereocenters. The molecule has 0 fully saturated rings. The fourth-order valence-electron chi connectivity index (χ4n) is 1.73. The van der Waals surface area contributed by atoms with E-state index >= 15 is 0 Å². The largest absolute Gasteiger partial charge is 0.307 e. The molecule has 0 saturated heterocycles. The Kier molecular flexibility index (Phi) is 4.46. The highest BCUT2D eigenvalue weighted by Gasteiger charge is 2.24. The van der Waals surface area contributed by atoms with Gasteiger partial charge < -0.3 is 5.32 Å². The molecule has 1 rings (SSSR count). The van der Waals surface area contributed by atoms with Crippen molar-refractivity contribution >= 4 is 5.69 Å². The topological polar surface area (TPSA) is 55.2 Å². The first-order chi connectivity index (χ1) is 8.23. The SMILES string of the molecule is CC(NC(C)C(C)(C)C)c1ccccc1[N+](=O)[O-]. The lowest BCUT2D eigenvalue weighted by molar-refractivity contribution is -0.385. The minimum Gasteiger partial charge on any atom is -0.307 e. The van der Waals surface area contributed by atoms with E-state index in [2.05, 4.69) is 33.0 Å². The van der Waals surface area contributed by atoms with Gasteiger partial charge in [0.25, 0.3) is 5.69 Å². The number of nitrogens with zero attached hydrogens (tertiary/aromatic N) is 1. The van der Waals surface area contributed by atoms with Gasteiger partial charge in [0.15, 0.2) is 0 Å². The summed E-state index contributed by atoms with van der Waals surface area (Å²) in [6.07, 6.45) is 0. The molecule has 0 aliphatic carbocycles. The van der Waals surface area contributed by atoms with E-state index in [0.717, 1.165) is 5.56 Å². The second-order valence-electron chi connectivity index (χ2n) is 5.79. The summed E-state index contributed by atoms with van der Waals surface area (Å²) in [5, 5.41) is 14.4. The van der Waals surface area contributed by atoms with Crippen LogP contribution in [0.2, 0.25) is 0 Å². The predicted octanol–water partition coefficient (Wildman–Crippen LogP) is 3.68. The van der Waals surface area contributed by atoms with Gasteiger partial charge in [-0.2, -0.15) is 0 Å². The number of nitro benzene ring substituents is 1. The Morgan fingerprint density at radius 3 is 2.28 bits per heavy atom. The minimum atomic E-state index is -0.324. The molecule has 18 heavy (non-hydrogen) atoms. The van der Waals surface area contributed by atoms with Gasteiger partial charge in [0.05, 0.1) is 4.92 Å². The van der Waals surface area contributed by atoms with Crippen LogP contribution in [0, 0.1) is 15.5 Å². The molecule has 0 bridgehead atoms. The second kappa shape index (κ2) is 5.48. The van der Waals surface area contributed by atoms with Crippen molar-refractivity contribution in [1.29, 1.82) is 0 Å². The molecule has 1 aromatic rings. The molecule has 0 radical (unpaired) electrons. The van der Waals surface area contributed by atoms with Crippen LogP contribution < -0.4 is 5.32 Å². The number of nitro groups is 1. The highest BCUT2D eigenvalue weighted by molar-refractivity contribution is 5.41. The first-order valence-electron chi connectivity index (χ1n) is 6.23. The van der Waals surface area contributed by atoms with E-state index in [9.17, 15) is 10.1 Å². The average molecular weight is 250 g/mol. The molecule has 0 aromatic heterocycles. The molecule has 4 heteroatoms. The van der Waals surface area contributed by atoms with Crippen molar-refractivity contribution in [2.75, 3.05) is 0 Å². The Morgan fingerprint density at radius 2 is 1.78 bits per heavy atom. The molecule has 0 heterocycles. The Balaban J connectivity index is 2.91. The maximum atomic E-state index is 11.0. The van der Waals surface area contributed by atoms with Gasteiger partial charge in [-0.15, -0.1) is 0 Å². The van der Waals surface area contributed by atoms with Gasteiger partial charge >= 0.3 is 0 Å². The summed E-state index contributed by atoms with van der Waals surface area (Å²) in [5.41, 5.74) is 1.04. The van der Waals surface area contributed by atoms with Gasteiger partial charge in [-0.1, -0.05) is 39.0 Å². The second-order valence-corrected chi connectivity index (χ2v) is 5.79. The van der Waals surface area contributed by atoms with Crippen molar-refractivity contribution in [2.24, 2.45) is 5.41 Å². The summed E-state index contributed by atoms with van der Waals surface area (Å²) in [4.78, 5) is 10.7. The van der Waals surface area contributed by atoms with Crippen molar-refractivity contribution in [3.63, 3.8) is 0 Å². The van der Waals surface area contributed by atoms with Crippen LogP contribution in [0.4, 0.5) is 5.69 Å². The van der Waals surface area contributed by atoms with E-state index in [1.54, 1.807) is 12.1 Å². The van der Waals surface area contributed by atoms with Gasteiger partial charge in [0, 0.05) is 23.7 Å². The molecule has 4 nitrogen and oxygen atoms in total. The zero-order valence-electron chi connectivity index (χ0n) is 11.7. The maximum Gasteiger partial charge on any atom is 0.274 e. The monoisotopic (exact) mass is 250 g/mol. The smallest absolute Gasteiger partial charge is 0.274 e. The fraction of sp³-hybridized carbons (Fsp3) is 0.571. The van der Waals surface area contributed by atoms with Crippen LogP contribution in [0.25, 0.3) is 0 Å². The number of hydrogen-bond acceptors (Lipinski definition) is 3. The van der Waals surface area contributed by atoms with E-state index in [0.29, 0.717) is 0 Å². The van der Waals surface area contributed by atoms with Crippen LogP contribution >= 0.6 is 0 Å². The highest BCUT2D eigenvalue weighted by Crippen LogP contribution is 2.27. The quantitative estimate of drug-likeness (QED) is 0.655. The van der Waals surface area contributed by atoms with Crippen molar-refractivity contribution in [3.8, 4) is 0 Å². The standard InChI is InChI=1S/C14H22N2O2/c1-10(15-11(2)14(3,4)5)12-8-6-7-9-13(12)16(17)18/h6-11,15H,1-5H3. The molecule has 2 atom stereocenters. The maximum absolute atomic E-state index is 11.0. The highest BCUT2D eigenvalue weighted by atomic mass is 16.6. The zero-order chi connectivity index (χ0) is 13.9. The predicted molar refractivity (Wildman–Crippen MR) is 73.6 cm³/mol. The van der Waals surface area contributed by atoms with Crippen molar-refractivity contribution < 1.29 is 4.92 Å². The third-order valence-electron chi connectivity index (χ3n) is 3.40. The lowest BCUT2D eigenvalue weighted by atomic mass is 9.87. The van der Waals surface area contributed by atoms with Crippen molar-refractivity contribution in [3.05, 3.63) is 39.9 Å². The third kappa shape index (κ3) is 3.53. The molecular formula is C14H22N2O2. The number of hydrogen-bond donors (Lipinski definition) is 1. The summed E-state index contributed by atoms with van der Waals surface area (Å²) in [6, 6.07) is 7.12. The molecule has 0 amide bonds. The van der Waals surface area contributed by atoms with Crippen LogP contribution in [-0.4, -0.2) is 11.0 Å². The molecule has 1 N–H and O–H groups in total.